The van der Waals surface area contributed by atoms with Crippen LogP contribution in [0.3, 0.4) is 0 Å². The summed E-state index contributed by atoms with van der Waals surface area (Å²) in [4.78, 5) is 56.9. The fourth-order valence-corrected chi connectivity index (χ4v) is 2.43. The van der Waals surface area contributed by atoms with Gasteiger partial charge in [-0.15, -0.1) is 30.3 Å². The van der Waals surface area contributed by atoms with Crippen LogP contribution < -0.4 is 19.9 Å². The summed E-state index contributed by atoms with van der Waals surface area (Å²) in [7, 11) is 0. The summed E-state index contributed by atoms with van der Waals surface area (Å²) in [6.45, 7) is 0. The summed E-state index contributed by atoms with van der Waals surface area (Å²) in [6.07, 6.45) is 0. The summed E-state index contributed by atoms with van der Waals surface area (Å²) in [6, 6.07) is 8.00. The highest BCUT2D eigenvalue weighted by Crippen LogP contribution is 2.32. The minimum absolute atomic E-state index is 0.0274. The van der Waals surface area contributed by atoms with E-state index < -0.39 is 32.2 Å². The van der Waals surface area contributed by atoms with Crippen molar-refractivity contribution in [3.8, 4) is 28.6 Å². The van der Waals surface area contributed by atoms with E-state index in [0.717, 1.165) is 18.2 Å². The van der Waals surface area contributed by atoms with Crippen LogP contribution in [0.2, 0.25) is 0 Å². The number of benzene rings is 2. The first-order chi connectivity index (χ1) is 13.7. The van der Waals surface area contributed by atoms with E-state index in [0.29, 0.717) is 5.56 Å². The maximum absolute atomic E-state index is 12.5. The molecule has 0 saturated heterocycles. The van der Waals surface area contributed by atoms with Gasteiger partial charge in [-0.1, -0.05) is 0 Å². The lowest BCUT2D eigenvalue weighted by atomic mass is 10.1. The molecule has 0 unspecified atom stereocenters. The third-order valence-electron chi connectivity index (χ3n) is 3.44. The zero-order chi connectivity index (χ0) is 21.1. The SMILES string of the molecule is O=c1cc(-c2ccc(O[N+](=O)[O-])cc2)oc2cc(O[N+](=O)[O-])cc(O[N+](=O)[O-])c12. The number of hydrogen-bond acceptors (Lipinski definition) is 11. The van der Waals surface area contributed by atoms with E-state index in [4.69, 9.17) is 4.42 Å². The molecule has 0 amide bonds. The molecule has 0 fully saturated rings. The molecule has 0 bridgehead atoms. The van der Waals surface area contributed by atoms with E-state index in [1.807, 2.05) is 0 Å². The lowest BCUT2D eigenvalue weighted by Gasteiger charge is -2.08. The smallest absolute Gasteiger partial charge is 0.299 e. The summed E-state index contributed by atoms with van der Waals surface area (Å²) >= 11 is 0. The molecular weight excluding hydrogens is 398 g/mol. The molecule has 0 atom stereocenters. The van der Waals surface area contributed by atoms with E-state index in [9.17, 15) is 35.1 Å². The van der Waals surface area contributed by atoms with Crippen LogP contribution in [0.4, 0.5) is 0 Å². The number of nitrogens with zero attached hydrogens (tertiary/aromatic N) is 3. The van der Waals surface area contributed by atoms with Crippen molar-refractivity contribution in [1.82, 2.24) is 0 Å². The van der Waals surface area contributed by atoms with Crippen molar-refractivity contribution in [1.29, 1.82) is 0 Å². The number of fused-ring (bicyclic) bond motifs is 1. The topological polar surface area (TPSA) is 187 Å². The predicted octanol–water partition coefficient (Wildman–Crippen LogP) is 2.17. The Morgan fingerprint density at radius 1 is 0.759 bits per heavy atom. The van der Waals surface area contributed by atoms with Crippen LogP contribution in [-0.2, 0) is 0 Å². The van der Waals surface area contributed by atoms with Crippen molar-refractivity contribution in [2.45, 2.75) is 0 Å². The fourth-order valence-electron chi connectivity index (χ4n) is 2.43. The van der Waals surface area contributed by atoms with Gasteiger partial charge in [-0.05, 0) is 30.3 Å². The van der Waals surface area contributed by atoms with E-state index in [2.05, 4.69) is 14.5 Å². The Bertz CT molecular complexity index is 1190. The van der Waals surface area contributed by atoms with Crippen LogP contribution in [0.1, 0.15) is 0 Å². The van der Waals surface area contributed by atoms with Gasteiger partial charge in [0.25, 0.3) is 15.3 Å². The molecular formula is C15H7N3O11. The van der Waals surface area contributed by atoms with Crippen molar-refractivity contribution < 1.29 is 34.2 Å². The molecule has 14 heteroatoms. The van der Waals surface area contributed by atoms with E-state index in [1.165, 1.54) is 24.3 Å². The van der Waals surface area contributed by atoms with Crippen molar-refractivity contribution >= 4 is 11.0 Å². The van der Waals surface area contributed by atoms with Crippen molar-refractivity contribution in [3.63, 3.8) is 0 Å². The molecule has 29 heavy (non-hydrogen) atoms. The Hall–Kier alpha value is -4.75. The Labute approximate surface area is 157 Å². The Morgan fingerprint density at radius 2 is 1.34 bits per heavy atom. The molecule has 0 aliphatic heterocycles. The number of rotatable bonds is 7. The number of hydrogen-bond donors (Lipinski definition) is 0. The van der Waals surface area contributed by atoms with Crippen LogP contribution in [0.5, 0.6) is 17.2 Å². The third kappa shape index (κ3) is 4.33. The molecule has 0 aliphatic carbocycles. The van der Waals surface area contributed by atoms with Gasteiger partial charge >= 0.3 is 0 Å². The van der Waals surface area contributed by atoms with Gasteiger partial charge in [0.2, 0.25) is 0 Å². The van der Waals surface area contributed by atoms with Gasteiger partial charge in [-0.3, -0.25) is 19.3 Å². The van der Waals surface area contributed by atoms with Crippen molar-refractivity contribution in [2.24, 2.45) is 0 Å². The Morgan fingerprint density at radius 3 is 1.93 bits per heavy atom. The second-order valence-corrected chi connectivity index (χ2v) is 5.24. The zero-order valence-electron chi connectivity index (χ0n) is 13.9. The molecule has 14 nitrogen and oxygen atoms in total. The van der Waals surface area contributed by atoms with Crippen molar-refractivity contribution in [3.05, 3.63) is 83.0 Å². The van der Waals surface area contributed by atoms with Gasteiger partial charge in [0.15, 0.2) is 5.43 Å². The third-order valence-corrected chi connectivity index (χ3v) is 3.44. The maximum atomic E-state index is 12.5. The van der Waals surface area contributed by atoms with E-state index in [-0.39, 0.29) is 22.5 Å². The van der Waals surface area contributed by atoms with Crippen LogP contribution in [0.25, 0.3) is 22.3 Å². The molecule has 1 aromatic heterocycles. The summed E-state index contributed by atoms with van der Waals surface area (Å²) < 4.78 is 5.51. The lowest BCUT2D eigenvalue weighted by Crippen LogP contribution is -2.10. The first kappa shape index (κ1) is 19.0. The summed E-state index contributed by atoms with van der Waals surface area (Å²) in [5, 5.41) is 27.9. The molecule has 3 aromatic rings. The standard InChI is InChI=1S/C15H7N3O11/c19-11-7-12(8-1-3-9(4-2-8)27-16(20)21)26-13-5-10(28-17(22)23)6-14(15(11)13)29-18(24)25/h1-7H. The van der Waals surface area contributed by atoms with Crippen LogP contribution >= 0.6 is 0 Å². The molecule has 3 rings (SSSR count). The summed E-state index contributed by atoms with van der Waals surface area (Å²) in [5.74, 6) is -1.19. The van der Waals surface area contributed by atoms with Gasteiger partial charge in [-0.2, -0.15) is 0 Å². The Kier molecular flexibility index (Phi) is 4.90. The van der Waals surface area contributed by atoms with Crippen LogP contribution in [0.15, 0.2) is 51.7 Å². The quantitative estimate of drug-likeness (QED) is 0.414. The second kappa shape index (κ2) is 7.47. The molecule has 0 saturated carbocycles. The molecule has 1 heterocycles. The van der Waals surface area contributed by atoms with Crippen molar-refractivity contribution in [2.75, 3.05) is 0 Å². The Balaban J connectivity index is 2.13. The predicted molar refractivity (Wildman–Crippen MR) is 90.8 cm³/mol. The lowest BCUT2D eigenvalue weighted by molar-refractivity contribution is -0.713. The average molecular weight is 405 g/mol. The second-order valence-electron chi connectivity index (χ2n) is 5.24. The van der Waals surface area contributed by atoms with Gasteiger partial charge in [-0.25, -0.2) is 0 Å². The molecule has 148 valence electrons. The molecule has 0 spiro atoms. The molecule has 0 N–H and O–H groups in total. The monoisotopic (exact) mass is 405 g/mol. The zero-order valence-corrected chi connectivity index (χ0v) is 13.9. The maximum Gasteiger partial charge on any atom is 0.299 e. The fraction of sp³-hybridized carbons (Fsp3) is 0. The van der Waals surface area contributed by atoms with Crippen LogP contribution in [-0.4, -0.2) is 15.3 Å². The van der Waals surface area contributed by atoms with Gasteiger partial charge in [0, 0.05) is 17.7 Å². The van der Waals surface area contributed by atoms with Crippen LogP contribution in [0, 0.1) is 30.3 Å². The summed E-state index contributed by atoms with van der Waals surface area (Å²) in [5.41, 5.74) is -0.720. The first-order valence-electron chi connectivity index (χ1n) is 7.42. The van der Waals surface area contributed by atoms with Gasteiger partial charge < -0.3 is 4.42 Å². The minimum Gasteiger partial charge on any atom is -0.456 e. The molecule has 0 aliphatic rings. The van der Waals surface area contributed by atoms with Gasteiger partial charge in [0.05, 0.1) is 5.39 Å². The minimum atomic E-state index is -1.20. The van der Waals surface area contributed by atoms with E-state index in [1.54, 1.807) is 0 Å². The average Bonchev–Trinajstić information content (AvgIpc) is 2.60. The highest BCUT2D eigenvalue weighted by atomic mass is 17.0. The van der Waals surface area contributed by atoms with E-state index >= 15 is 0 Å². The molecule has 2 aromatic carbocycles. The largest absolute Gasteiger partial charge is 0.456 e. The molecule has 0 radical (unpaired) electrons. The highest BCUT2D eigenvalue weighted by molar-refractivity contribution is 5.86. The highest BCUT2D eigenvalue weighted by Gasteiger charge is 2.17. The normalized spacial score (nSPS) is 10.3. The van der Waals surface area contributed by atoms with Gasteiger partial charge in [0.1, 0.15) is 28.6 Å². The first-order valence-corrected chi connectivity index (χ1v) is 7.42.